The maximum Gasteiger partial charge on any atom is 0.228 e. The smallest absolute Gasteiger partial charge is 0.228 e. The van der Waals surface area contributed by atoms with Gasteiger partial charge in [0, 0.05) is 9.78 Å². The van der Waals surface area contributed by atoms with E-state index in [2.05, 4.69) is 5.32 Å². The molecule has 0 aromatic rings. The highest BCUT2D eigenvalue weighted by Crippen LogP contribution is 2.34. The monoisotopic (exact) mass is 365 g/mol. The second-order valence-electron chi connectivity index (χ2n) is 2.00. The molecule has 56 valence electrons. The zero-order chi connectivity index (χ0) is 7.78. The molecule has 1 aliphatic heterocycles. The maximum atomic E-state index is 10.7. The molecule has 0 radical (unpaired) electrons. The van der Waals surface area contributed by atoms with E-state index in [0.717, 1.165) is 3.58 Å². The van der Waals surface area contributed by atoms with Crippen LogP contribution >= 0.6 is 45.2 Å². The van der Waals surface area contributed by atoms with E-state index in [1.54, 1.807) is 0 Å². The van der Waals surface area contributed by atoms with Crippen molar-refractivity contribution in [2.75, 3.05) is 0 Å². The molecular formula is C5H5I2NO2. The van der Waals surface area contributed by atoms with E-state index < -0.39 is 3.61 Å². The Morgan fingerprint density at radius 1 is 1.80 bits per heavy atom. The largest absolute Gasteiger partial charge is 0.374 e. The quantitative estimate of drug-likeness (QED) is 0.496. The Morgan fingerprint density at radius 2 is 2.40 bits per heavy atom. The minimum Gasteiger partial charge on any atom is -0.374 e. The van der Waals surface area contributed by atoms with E-state index in [-0.39, 0.29) is 12.3 Å². The van der Waals surface area contributed by atoms with E-state index in [1.807, 2.05) is 45.2 Å². The number of nitrogens with one attached hydrogen (secondary N) is 1. The maximum absolute atomic E-state index is 10.7. The molecule has 0 aliphatic carbocycles. The van der Waals surface area contributed by atoms with Gasteiger partial charge in [-0.25, -0.2) is 0 Å². The molecule has 1 rings (SSSR count). The van der Waals surface area contributed by atoms with Crippen LogP contribution in [-0.4, -0.2) is 14.6 Å². The summed E-state index contributed by atoms with van der Waals surface area (Å²) in [5.41, 5.74) is 0. The number of carbonyl (C=O) groups excluding carboxylic acids is 1. The van der Waals surface area contributed by atoms with Crippen LogP contribution in [0, 0.1) is 0 Å². The van der Waals surface area contributed by atoms with Gasteiger partial charge in [-0.2, -0.15) is 0 Å². The predicted molar refractivity (Wildman–Crippen MR) is 53.8 cm³/mol. The van der Waals surface area contributed by atoms with Crippen molar-refractivity contribution < 1.29 is 9.90 Å². The Hall–Kier alpha value is 0.630. The first-order valence-corrected chi connectivity index (χ1v) is 4.75. The first-order valence-electron chi connectivity index (χ1n) is 2.59. The molecule has 1 amide bonds. The highest BCUT2D eigenvalue weighted by atomic mass is 127. The van der Waals surface area contributed by atoms with E-state index >= 15 is 0 Å². The summed E-state index contributed by atoms with van der Waals surface area (Å²) in [6.07, 6.45) is 1.67. The van der Waals surface area contributed by atoms with Gasteiger partial charge >= 0.3 is 0 Å². The Morgan fingerprint density at radius 3 is 2.80 bits per heavy atom. The molecule has 0 fully saturated rings. The van der Waals surface area contributed by atoms with Gasteiger partial charge in [0.15, 0.2) is 3.61 Å². The lowest BCUT2D eigenvalue weighted by Gasteiger charge is -2.23. The third kappa shape index (κ3) is 1.82. The van der Waals surface area contributed by atoms with Crippen LogP contribution in [0.4, 0.5) is 0 Å². The number of alkyl halides is 1. The van der Waals surface area contributed by atoms with Crippen molar-refractivity contribution in [3.63, 3.8) is 0 Å². The fraction of sp³-hybridized carbons (Fsp3) is 0.400. The van der Waals surface area contributed by atoms with Gasteiger partial charge in [0.1, 0.15) is 0 Å². The molecular weight excluding hydrogens is 360 g/mol. The lowest BCUT2D eigenvalue weighted by molar-refractivity contribution is -0.122. The first-order chi connectivity index (χ1) is 4.52. The fourth-order valence-electron chi connectivity index (χ4n) is 0.603. The van der Waals surface area contributed by atoms with Gasteiger partial charge in [0.25, 0.3) is 0 Å². The van der Waals surface area contributed by atoms with E-state index in [9.17, 15) is 9.90 Å². The van der Waals surface area contributed by atoms with E-state index in [4.69, 9.17) is 0 Å². The summed E-state index contributed by atoms with van der Waals surface area (Å²) in [4.78, 5) is 10.7. The van der Waals surface area contributed by atoms with Gasteiger partial charge < -0.3 is 10.4 Å². The van der Waals surface area contributed by atoms with Gasteiger partial charge in [-0.05, 0) is 45.2 Å². The third-order valence-electron chi connectivity index (χ3n) is 1.12. The van der Waals surface area contributed by atoms with Crippen LogP contribution in [0.3, 0.4) is 0 Å². The van der Waals surface area contributed by atoms with Crippen molar-refractivity contribution in [3.05, 3.63) is 9.78 Å². The summed E-state index contributed by atoms with van der Waals surface area (Å²) >= 11 is 3.85. The van der Waals surface area contributed by atoms with Crippen LogP contribution in [0.5, 0.6) is 0 Å². The zero-order valence-electron chi connectivity index (χ0n) is 4.90. The van der Waals surface area contributed by atoms with Crippen molar-refractivity contribution in [1.82, 2.24) is 5.32 Å². The highest BCUT2D eigenvalue weighted by molar-refractivity contribution is 14.1. The molecule has 1 aliphatic rings. The molecule has 2 N–H and O–H groups in total. The summed E-state index contributed by atoms with van der Waals surface area (Å²) in [5.74, 6) is -0.141. The minimum absolute atomic E-state index is 0.141. The lowest BCUT2D eigenvalue weighted by atomic mass is 10.2. The van der Waals surface area contributed by atoms with Crippen molar-refractivity contribution in [1.29, 1.82) is 0 Å². The van der Waals surface area contributed by atoms with E-state index in [0.29, 0.717) is 0 Å². The average Bonchev–Trinajstić information content (AvgIpc) is 1.78. The van der Waals surface area contributed by atoms with Gasteiger partial charge in [0.2, 0.25) is 5.91 Å². The topological polar surface area (TPSA) is 49.3 Å². The number of hydrogen-bond donors (Lipinski definition) is 2. The summed E-state index contributed by atoms with van der Waals surface area (Å²) in [6, 6.07) is 0. The van der Waals surface area contributed by atoms with E-state index in [1.165, 1.54) is 6.20 Å². The Kier molecular flexibility index (Phi) is 2.56. The van der Waals surface area contributed by atoms with Crippen LogP contribution in [0.2, 0.25) is 0 Å². The zero-order valence-corrected chi connectivity index (χ0v) is 9.21. The number of carbonyl (C=O) groups is 1. The standard InChI is InChI=1S/C5H5I2NO2/c6-3-2-8-4(9)1-5(3,7)10/h2,10H,1H2,(H,8,9)/t5-/m0/s1. The summed E-state index contributed by atoms with van der Waals surface area (Å²) < 4.78 is -0.231. The van der Waals surface area contributed by atoms with Gasteiger partial charge in [0.05, 0.1) is 6.42 Å². The number of hydrogen-bond acceptors (Lipinski definition) is 2. The molecule has 0 saturated heterocycles. The van der Waals surface area contributed by atoms with Gasteiger partial charge in [-0.3, -0.25) is 4.79 Å². The molecule has 1 heterocycles. The molecule has 0 aromatic heterocycles. The van der Waals surface area contributed by atoms with Crippen molar-refractivity contribution >= 4 is 51.1 Å². The Balaban J connectivity index is 2.86. The SMILES string of the molecule is O=C1C[C@@](O)(I)C(I)=CN1. The molecule has 0 spiro atoms. The normalized spacial score (nSPS) is 33.1. The third-order valence-corrected chi connectivity index (χ3v) is 4.32. The van der Waals surface area contributed by atoms with Gasteiger partial charge in [-0.15, -0.1) is 0 Å². The average molecular weight is 365 g/mol. The Labute approximate surface area is 85.5 Å². The molecule has 5 heteroatoms. The fourth-order valence-corrected chi connectivity index (χ4v) is 1.45. The van der Waals surface area contributed by atoms with Crippen molar-refractivity contribution in [3.8, 4) is 0 Å². The molecule has 0 aromatic carbocycles. The second kappa shape index (κ2) is 2.94. The number of halogens is 2. The van der Waals surface area contributed by atoms with Crippen LogP contribution in [-0.2, 0) is 4.79 Å². The predicted octanol–water partition coefficient (Wildman–Crippen LogP) is 0.906. The molecule has 3 nitrogen and oxygen atoms in total. The summed E-state index contributed by atoms with van der Waals surface area (Å²) in [7, 11) is 0. The van der Waals surface area contributed by atoms with Gasteiger partial charge in [-0.1, -0.05) is 0 Å². The minimum atomic E-state index is -0.985. The first kappa shape index (κ1) is 8.72. The molecule has 10 heavy (non-hydrogen) atoms. The molecule has 0 saturated carbocycles. The molecule has 0 unspecified atom stereocenters. The Bertz CT molecular complexity index is 200. The van der Waals surface area contributed by atoms with Crippen LogP contribution in [0.1, 0.15) is 6.42 Å². The lowest BCUT2D eigenvalue weighted by Crippen LogP contribution is -2.35. The number of rotatable bonds is 0. The van der Waals surface area contributed by atoms with Crippen molar-refractivity contribution in [2.45, 2.75) is 10.0 Å². The molecule has 1 atom stereocenters. The second-order valence-corrected chi connectivity index (χ2v) is 4.94. The number of amides is 1. The summed E-state index contributed by atoms with van der Waals surface area (Å²) in [6.45, 7) is 0. The van der Waals surface area contributed by atoms with Crippen molar-refractivity contribution in [2.24, 2.45) is 0 Å². The van der Waals surface area contributed by atoms with Crippen LogP contribution in [0.15, 0.2) is 9.78 Å². The highest BCUT2D eigenvalue weighted by Gasteiger charge is 2.32. The number of aliphatic hydroxyl groups is 1. The molecule has 0 bridgehead atoms. The summed E-state index contributed by atoms with van der Waals surface area (Å²) in [5, 5.41) is 12.0. The van der Waals surface area contributed by atoms with Crippen LogP contribution < -0.4 is 5.32 Å². The van der Waals surface area contributed by atoms with Crippen LogP contribution in [0.25, 0.3) is 0 Å².